The lowest BCUT2D eigenvalue weighted by Crippen LogP contribution is -2.95. The maximum Gasteiger partial charge on any atom is 0.334 e. The van der Waals surface area contributed by atoms with Crippen LogP contribution in [0.4, 0.5) is 0 Å². The molecule has 34 heavy (non-hydrogen) atoms. The molecule has 7 nitrogen and oxygen atoms in total. The van der Waals surface area contributed by atoms with Crippen molar-refractivity contribution >= 4 is 11.9 Å². The molecule has 4 N–H and O–H groups in total. The lowest BCUT2D eigenvalue weighted by atomic mass is 9.58. The third kappa shape index (κ3) is 4.11. The van der Waals surface area contributed by atoms with Gasteiger partial charge in [0.15, 0.2) is 0 Å². The molecule has 3 saturated heterocycles. The third-order valence-electron chi connectivity index (χ3n) is 9.97. The number of quaternary nitrogens is 1. The van der Waals surface area contributed by atoms with Crippen molar-refractivity contribution in [3.05, 3.63) is 11.6 Å². The smallest absolute Gasteiger partial charge is 0.334 e. The van der Waals surface area contributed by atoms with Gasteiger partial charge < -0.3 is 19.5 Å². The maximum absolute atomic E-state index is 13.0. The Bertz CT molecular complexity index is 837. The Balaban J connectivity index is 1.47. The van der Waals surface area contributed by atoms with Gasteiger partial charge in [-0.15, -0.1) is 0 Å². The summed E-state index contributed by atoms with van der Waals surface area (Å²) in [5.74, 6) is 1.39. The minimum absolute atomic E-state index is 0.0280. The fourth-order valence-corrected chi connectivity index (χ4v) is 7.94. The highest BCUT2D eigenvalue weighted by molar-refractivity contribution is 5.88. The highest BCUT2D eigenvalue weighted by atomic mass is 16.6. The summed E-state index contributed by atoms with van der Waals surface area (Å²) in [6, 6.07) is 0. The standard InChI is InChI=1S/C27H42N2O5/c1-4-16(2)25(31)34-26(3)11-5-6-20(18-7-9-23(28)29-15-18)27(26)14-19-12-17-8-10-24(30)32-21(17)13-22(19)33-27/h4,17-23,29H,5-15,28H2,1-3H3/p+1. The number of nitrogens with two attached hydrogens (primary N) is 2. The normalized spacial score (nSPS) is 47.0. The van der Waals surface area contributed by atoms with E-state index in [2.05, 4.69) is 12.2 Å². The molecule has 9 unspecified atom stereocenters. The van der Waals surface area contributed by atoms with E-state index in [4.69, 9.17) is 19.9 Å². The lowest BCUT2D eigenvalue weighted by molar-refractivity contribution is -0.704. The van der Waals surface area contributed by atoms with E-state index >= 15 is 0 Å². The molecule has 190 valence electrons. The molecule has 0 radical (unpaired) electrons. The Hall–Kier alpha value is -1.44. The number of piperidine rings is 1. The van der Waals surface area contributed by atoms with E-state index in [0.717, 1.165) is 64.3 Å². The van der Waals surface area contributed by atoms with E-state index in [0.29, 0.717) is 35.7 Å². The van der Waals surface area contributed by atoms with E-state index in [1.54, 1.807) is 0 Å². The largest absolute Gasteiger partial charge is 0.462 e. The SMILES string of the molecule is CC=C(C)C(=O)OC1(C)CCCC(C2CCC(N)[NH2+]C2)C12CC1CC3CCC(=O)OC3CC1O2. The zero-order valence-corrected chi connectivity index (χ0v) is 21.1. The molecule has 0 aromatic rings. The Morgan fingerprint density at radius 2 is 1.97 bits per heavy atom. The van der Waals surface area contributed by atoms with E-state index in [1.165, 1.54) is 0 Å². The second kappa shape index (κ2) is 9.21. The lowest BCUT2D eigenvalue weighted by Gasteiger charge is -2.55. The molecular weight excluding hydrogens is 432 g/mol. The minimum atomic E-state index is -0.671. The van der Waals surface area contributed by atoms with Gasteiger partial charge in [-0.25, -0.2) is 4.79 Å². The monoisotopic (exact) mass is 475 g/mol. The molecule has 2 saturated carbocycles. The molecule has 1 spiro atoms. The summed E-state index contributed by atoms with van der Waals surface area (Å²) in [5, 5.41) is 2.28. The number of esters is 2. The number of rotatable bonds is 3. The molecule has 7 heteroatoms. The first-order chi connectivity index (χ1) is 16.2. The van der Waals surface area contributed by atoms with Crippen molar-refractivity contribution in [2.45, 2.75) is 115 Å². The molecule has 9 atom stereocenters. The Labute approximate surface area is 203 Å². The summed E-state index contributed by atoms with van der Waals surface area (Å²) < 4.78 is 19.3. The first-order valence-electron chi connectivity index (χ1n) is 13.6. The van der Waals surface area contributed by atoms with Crippen molar-refractivity contribution in [3.8, 4) is 0 Å². The number of fused-ring (bicyclic) bond motifs is 2. The molecular formula is C27H43N2O5+. The maximum atomic E-state index is 13.0. The van der Waals surface area contributed by atoms with Gasteiger partial charge in [-0.3, -0.25) is 10.5 Å². The van der Waals surface area contributed by atoms with Gasteiger partial charge in [0.2, 0.25) is 0 Å². The van der Waals surface area contributed by atoms with Crippen molar-refractivity contribution in [2.75, 3.05) is 6.54 Å². The molecule has 5 aliphatic rings. The molecule has 0 aromatic heterocycles. The van der Waals surface area contributed by atoms with E-state index in [9.17, 15) is 9.59 Å². The van der Waals surface area contributed by atoms with E-state index < -0.39 is 11.2 Å². The summed E-state index contributed by atoms with van der Waals surface area (Å²) in [7, 11) is 0. The van der Waals surface area contributed by atoms with Gasteiger partial charge in [-0.2, -0.15) is 0 Å². The first-order valence-corrected chi connectivity index (χ1v) is 13.6. The van der Waals surface area contributed by atoms with Crippen LogP contribution in [0.25, 0.3) is 0 Å². The van der Waals surface area contributed by atoms with Crippen molar-refractivity contribution in [2.24, 2.45) is 29.4 Å². The molecule has 5 fully saturated rings. The van der Waals surface area contributed by atoms with Gasteiger partial charge >= 0.3 is 11.9 Å². The summed E-state index contributed by atoms with van der Waals surface area (Å²) in [6.45, 7) is 6.84. The summed E-state index contributed by atoms with van der Waals surface area (Å²) in [5.41, 5.74) is 5.68. The van der Waals surface area contributed by atoms with Gasteiger partial charge in [-0.05, 0) is 77.6 Å². The number of carbonyl (C=O) groups is 2. The summed E-state index contributed by atoms with van der Waals surface area (Å²) in [6.07, 6.45) is 11.3. The summed E-state index contributed by atoms with van der Waals surface area (Å²) in [4.78, 5) is 25.0. The van der Waals surface area contributed by atoms with Gasteiger partial charge in [0.25, 0.3) is 0 Å². The van der Waals surface area contributed by atoms with Crippen LogP contribution in [0, 0.1) is 23.7 Å². The van der Waals surface area contributed by atoms with Gasteiger partial charge in [0.05, 0.1) is 12.6 Å². The average Bonchev–Trinajstić information content (AvgIpc) is 3.19. The number of hydrogen-bond acceptors (Lipinski definition) is 6. The van der Waals surface area contributed by atoms with Crippen molar-refractivity contribution < 1.29 is 29.1 Å². The number of allylic oxidation sites excluding steroid dienone is 1. The Morgan fingerprint density at radius 3 is 2.71 bits per heavy atom. The number of hydrogen-bond donors (Lipinski definition) is 2. The van der Waals surface area contributed by atoms with Crippen LogP contribution in [0.1, 0.15) is 85.0 Å². The Morgan fingerprint density at radius 1 is 1.15 bits per heavy atom. The second-order valence-electron chi connectivity index (χ2n) is 11.9. The molecule has 2 aliphatic carbocycles. The molecule has 3 heterocycles. The molecule has 0 aromatic carbocycles. The molecule has 0 bridgehead atoms. The first kappa shape index (κ1) is 24.3. The Kier molecular flexibility index (Phi) is 6.57. The quantitative estimate of drug-likeness (QED) is 0.480. The van der Waals surface area contributed by atoms with E-state index in [1.807, 2.05) is 19.9 Å². The van der Waals surface area contributed by atoms with Crippen LogP contribution in [-0.2, 0) is 23.8 Å². The third-order valence-corrected chi connectivity index (χ3v) is 9.97. The van der Waals surface area contributed by atoms with Gasteiger partial charge in [0.1, 0.15) is 23.5 Å². The highest BCUT2D eigenvalue weighted by Gasteiger charge is 2.66. The average molecular weight is 476 g/mol. The van der Waals surface area contributed by atoms with Crippen LogP contribution < -0.4 is 11.1 Å². The summed E-state index contributed by atoms with van der Waals surface area (Å²) >= 11 is 0. The fraction of sp³-hybridized carbons (Fsp3) is 0.852. The van der Waals surface area contributed by atoms with Crippen LogP contribution in [0.3, 0.4) is 0 Å². The topological polar surface area (TPSA) is 104 Å². The second-order valence-corrected chi connectivity index (χ2v) is 11.9. The molecule has 5 rings (SSSR count). The van der Waals surface area contributed by atoms with Crippen LogP contribution in [0.2, 0.25) is 0 Å². The predicted octanol–water partition coefficient (Wildman–Crippen LogP) is 2.57. The zero-order valence-electron chi connectivity index (χ0n) is 21.1. The molecule has 3 aliphatic heterocycles. The van der Waals surface area contributed by atoms with Gasteiger partial charge in [0, 0.05) is 36.7 Å². The molecule has 0 amide bonds. The van der Waals surface area contributed by atoms with Gasteiger partial charge in [-0.1, -0.05) is 6.08 Å². The van der Waals surface area contributed by atoms with E-state index in [-0.39, 0.29) is 30.3 Å². The predicted molar refractivity (Wildman–Crippen MR) is 126 cm³/mol. The zero-order chi connectivity index (χ0) is 24.1. The van der Waals surface area contributed by atoms with Crippen molar-refractivity contribution in [3.63, 3.8) is 0 Å². The fourth-order valence-electron chi connectivity index (χ4n) is 7.94. The van der Waals surface area contributed by atoms with Crippen LogP contribution in [0.5, 0.6) is 0 Å². The van der Waals surface area contributed by atoms with Crippen LogP contribution >= 0.6 is 0 Å². The van der Waals surface area contributed by atoms with Crippen molar-refractivity contribution in [1.82, 2.24) is 0 Å². The minimum Gasteiger partial charge on any atom is -0.462 e. The van der Waals surface area contributed by atoms with Crippen LogP contribution in [-0.4, -0.2) is 48.1 Å². The number of ether oxygens (including phenoxy) is 3. The highest BCUT2D eigenvalue weighted by Crippen LogP contribution is 2.60. The van der Waals surface area contributed by atoms with Crippen LogP contribution in [0.15, 0.2) is 11.6 Å². The number of carbonyl (C=O) groups excluding carboxylic acids is 2. The van der Waals surface area contributed by atoms with Crippen molar-refractivity contribution in [1.29, 1.82) is 0 Å².